The second-order valence-corrected chi connectivity index (χ2v) is 9.36. The number of allylic oxidation sites excluding steroid dienone is 2. The lowest BCUT2D eigenvalue weighted by atomic mass is 9.80. The number of nitrogens with one attached hydrogen (secondary N) is 1. The van der Waals surface area contributed by atoms with Gasteiger partial charge in [0.1, 0.15) is 12.4 Å². The minimum atomic E-state index is -0.622. The van der Waals surface area contributed by atoms with Crippen molar-refractivity contribution in [1.82, 2.24) is 5.32 Å². The van der Waals surface area contributed by atoms with E-state index in [-0.39, 0.29) is 12.4 Å². The first kappa shape index (κ1) is 23.9. The van der Waals surface area contributed by atoms with Crippen LogP contribution in [0.1, 0.15) is 52.4 Å². The Balaban J connectivity index is 1.54. The molecule has 0 aromatic heterocycles. The van der Waals surface area contributed by atoms with Crippen LogP contribution in [0.2, 0.25) is 5.02 Å². The Kier molecular flexibility index (Phi) is 6.42. The lowest BCUT2D eigenvalue weighted by molar-refractivity contribution is -0.138. The normalized spacial score (nSPS) is 16.4. The average molecular weight is 500 g/mol. The number of aryl methyl sites for hydroxylation is 1. The molecule has 0 radical (unpaired) electrons. The van der Waals surface area contributed by atoms with Crippen molar-refractivity contribution in [3.63, 3.8) is 0 Å². The van der Waals surface area contributed by atoms with Gasteiger partial charge in [0, 0.05) is 28.3 Å². The zero-order valence-electron chi connectivity index (χ0n) is 20.4. The molecular weight excluding hydrogens is 474 g/mol. The molecule has 6 heteroatoms. The molecule has 3 aromatic carbocycles. The number of halogens is 1. The summed E-state index contributed by atoms with van der Waals surface area (Å²) in [5.41, 5.74) is 6.66. The van der Waals surface area contributed by atoms with Crippen LogP contribution in [-0.4, -0.2) is 18.4 Å². The van der Waals surface area contributed by atoms with Gasteiger partial charge in [0.05, 0.1) is 22.9 Å². The number of esters is 1. The van der Waals surface area contributed by atoms with Gasteiger partial charge in [0.2, 0.25) is 0 Å². The van der Waals surface area contributed by atoms with Crippen LogP contribution in [-0.2, 0) is 16.1 Å². The molecule has 0 fully saturated rings. The maximum Gasteiger partial charge on any atom is 0.336 e. The zero-order chi connectivity index (χ0) is 25.4. The first-order valence-corrected chi connectivity index (χ1v) is 12.3. The molecule has 0 saturated heterocycles. The van der Waals surface area contributed by atoms with Crippen molar-refractivity contribution in [1.29, 1.82) is 0 Å². The number of rotatable bonds is 6. The van der Waals surface area contributed by atoms with Gasteiger partial charge >= 0.3 is 5.97 Å². The number of Topliss-reactive ketones (excluding diaryl/α,β-unsaturated/α-hetero) is 1. The predicted molar refractivity (Wildman–Crippen MR) is 140 cm³/mol. The van der Waals surface area contributed by atoms with E-state index in [0.717, 1.165) is 28.0 Å². The third-order valence-electron chi connectivity index (χ3n) is 6.51. The van der Waals surface area contributed by atoms with Crippen molar-refractivity contribution in [3.8, 4) is 5.75 Å². The molecular formula is C30H26ClNO4. The summed E-state index contributed by atoms with van der Waals surface area (Å²) in [6.07, 6.45) is 0. The maximum absolute atomic E-state index is 13.6. The Labute approximate surface area is 215 Å². The van der Waals surface area contributed by atoms with Gasteiger partial charge in [0.25, 0.3) is 0 Å². The Bertz CT molecular complexity index is 1450. The van der Waals surface area contributed by atoms with E-state index in [2.05, 4.69) is 11.4 Å². The van der Waals surface area contributed by atoms with Crippen molar-refractivity contribution < 1.29 is 19.1 Å². The molecule has 36 heavy (non-hydrogen) atoms. The standard InChI is InChI=1S/C30H26ClNO4/c1-4-35-30(34)25-18(3)32-28-21-10-5-6-11-22(21)29(33)27(28)26(25)20-12-13-24(23(31)15-20)36-16-19-9-7-8-17(2)14-19/h5-15,26,32H,4,16H2,1-3H3/t26-/m0/s1. The van der Waals surface area contributed by atoms with Gasteiger partial charge in [-0.2, -0.15) is 0 Å². The Morgan fingerprint density at radius 3 is 2.50 bits per heavy atom. The summed E-state index contributed by atoms with van der Waals surface area (Å²) in [5, 5.41) is 3.71. The van der Waals surface area contributed by atoms with Crippen LogP contribution in [0, 0.1) is 6.92 Å². The smallest absolute Gasteiger partial charge is 0.336 e. The molecule has 1 aliphatic heterocycles. The van der Waals surface area contributed by atoms with Gasteiger partial charge in [-0.25, -0.2) is 4.79 Å². The number of ketones is 1. The highest BCUT2D eigenvalue weighted by Crippen LogP contribution is 2.47. The van der Waals surface area contributed by atoms with E-state index in [1.165, 1.54) is 0 Å². The lowest BCUT2D eigenvalue weighted by Crippen LogP contribution is -2.29. The van der Waals surface area contributed by atoms with Gasteiger partial charge in [0.15, 0.2) is 5.78 Å². The minimum absolute atomic E-state index is 0.108. The highest BCUT2D eigenvalue weighted by molar-refractivity contribution is 6.32. The minimum Gasteiger partial charge on any atom is -0.487 e. The van der Waals surface area contributed by atoms with Crippen LogP contribution < -0.4 is 10.1 Å². The van der Waals surface area contributed by atoms with Crippen molar-refractivity contribution in [2.75, 3.05) is 6.61 Å². The van der Waals surface area contributed by atoms with E-state index in [4.69, 9.17) is 21.1 Å². The van der Waals surface area contributed by atoms with Crippen molar-refractivity contribution in [2.24, 2.45) is 0 Å². The molecule has 1 aliphatic carbocycles. The molecule has 5 rings (SSSR count). The van der Waals surface area contributed by atoms with Crippen molar-refractivity contribution >= 4 is 29.1 Å². The molecule has 0 amide bonds. The second kappa shape index (κ2) is 9.67. The van der Waals surface area contributed by atoms with Crippen molar-refractivity contribution in [3.05, 3.63) is 116 Å². The van der Waals surface area contributed by atoms with E-state index in [1.807, 2.05) is 62.4 Å². The third-order valence-corrected chi connectivity index (χ3v) is 6.81. The van der Waals surface area contributed by atoms with Crippen LogP contribution in [0.25, 0.3) is 5.70 Å². The molecule has 2 aliphatic rings. The number of benzene rings is 3. The first-order valence-electron chi connectivity index (χ1n) is 11.9. The topological polar surface area (TPSA) is 64.6 Å². The molecule has 3 aromatic rings. The van der Waals surface area contributed by atoms with E-state index < -0.39 is 11.9 Å². The predicted octanol–water partition coefficient (Wildman–Crippen LogP) is 6.36. The highest BCUT2D eigenvalue weighted by atomic mass is 35.5. The van der Waals surface area contributed by atoms with Gasteiger partial charge in [-0.05, 0) is 44.0 Å². The fourth-order valence-corrected chi connectivity index (χ4v) is 5.16. The molecule has 0 unspecified atom stereocenters. The number of hydrogen-bond donors (Lipinski definition) is 1. The molecule has 1 N–H and O–H groups in total. The van der Waals surface area contributed by atoms with Gasteiger partial charge < -0.3 is 14.8 Å². The molecule has 0 bridgehead atoms. The fraction of sp³-hybridized carbons (Fsp3) is 0.200. The summed E-state index contributed by atoms with van der Waals surface area (Å²) < 4.78 is 11.4. The molecule has 182 valence electrons. The second-order valence-electron chi connectivity index (χ2n) is 8.95. The lowest BCUT2D eigenvalue weighted by Gasteiger charge is -2.29. The summed E-state index contributed by atoms with van der Waals surface area (Å²) in [7, 11) is 0. The van der Waals surface area contributed by atoms with Gasteiger partial charge in [-0.15, -0.1) is 0 Å². The fourth-order valence-electron chi connectivity index (χ4n) is 4.92. The summed E-state index contributed by atoms with van der Waals surface area (Å²) in [4.78, 5) is 26.6. The third kappa shape index (κ3) is 4.20. The quantitative estimate of drug-likeness (QED) is 0.400. The number of carbonyl (C=O) groups excluding carboxylic acids is 2. The van der Waals surface area contributed by atoms with E-state index in [9.17, 15) is 9.59 Å². The molecule has 1 atom stereocenters. The van der Waals surface area contributed by atoms with Crippen molar-refractivity contribution in [2.45, 2.75) is 33.3 Å². The highest BCUT2D eigenvalue weighted by Gasteiger charge is 2.43. The molecule has 1 heterocycles. The SMILES string of the molecule is CCOC(=O)C1=C(C)NC2=C(C(=O)c3ccccc32)[C@H]1c1ccc(OCc2cccc(C)c2)c(Cl)c1. The maximum atomic E-state index is 13.6. The number of carbonyl (C=O) groups is 2. The number of dihydropyridines is 1. The molecule has 0 spiro atoms. The van der Waals surface area contributed by atoms with E-state index in [1.54, 1.807) is 19.1 Å². The number of fused-ring (bicyclic) bond motifs is 2. The summed E-state index contributed by atoms with van der Waals surface area (Å²) in [6.45, 7) is 6.23. The Morgan fingerprint density at radius 1 is 1.00 bits per heavy atom. The van der Waals surface area contributed by atoms with Gasteiger partial charge in [-0.1, -0.05) is 71.8 Å². The van der Waals surface area contributed by atoms with Crippen LogP contribution >= 0.6 is 11.6 Å². The molecule has 0 saturated carbocycles. The average Bonchev–Trinajstić information content (AvgIpc) is 3.14. The Morgan fingerprint density at radius 2 is 1.78 bits per heavy atom. The van der Waals surface area contributed by atoms with E-state index >= 15 is 0 Å². The summed E-state index contributed by atoms with van der Waals surface area (Å²) in [5.74, 6) is -0.657. The summed E-state index contributed by atoms with van der Waals surface area (Å²) in [6, 6.07) is 21.0. The zero-order valence-corrected chi connectivity index (χ0v) is 21.1. The first-order chi connectivity index (χ1) is 17.4. The summed E-state index contributed by atoms with van der Waals surface area (Å²) >= 11 is 6.67. The van der Waals surface area contributed by atoms with E-state index in [0.29, 0.717) is 39.8 Å². The van der Waals surface area contributed by atoms with Crippen LogP contribution in [0.4, 0.5) is 0 Å². The number of hydrogen-bond acceptors (Lipinski definition) is 5. The monoisotopic (exact) mass is 499 g/mol. The number of ether oxygens (including phenoxy) is 2. The Hall–Kier alpha value is -3.83. The largest absolute Gasteiger partial charge is 0.487 e. The van der Waals surface area contributed by atoms with Crippen LogP contribution in [0.3, 0.4) is 0 Å². The van der Waals surface area contributed by atoms with Gasteiger partial charge in [-0.3, -0.25) is 4.79 Å². The van der Waals surface area contributed by atoms with Crippen LogP contribution in [0.15, 0.2) is 83.6 Å². The molecule has 5 nitrogen and oxygen atoms in total. The van der Waals surface area contributed by atoms with Crippen LogP contribution in [0.5, 0.6) is 5.75 Å².